The molecule has 3 nitrogen and oxygen atoms in total. The van der Waals surface area contributed by atoms with Crippen LogP contribution in [0.1, 0.15) is 16.8 Å². The van der Waals surface area contributed by atoms with E-state index in [-0.39, 0.29) is 0 Å². The van der Waals surface area contributed by atoms with Crippen LogP contribution >= 0.6 is 0 Å². The van der Waals surface area contributed by atoms with Gasteiger partial charge in [0.25, 0.3) is 0 Å². The molecule has 0 saturated heterocycles. The number of nitrogens with one attached hydrogen (secondary N) is 1. The second kappa shape index (κ2) is 2.86. The first-order chi connectivity index (χ1) is 7.27. The number of para-hydroxylation sites is 1. The van der Waals surface area contributed by atoms with Gasteiger partial charge in [0, 0.05) is 23.4 Å². The molecule has 1 aliphatic heterocycles. The Balaban J connectivity index is 2.30. The minimum absolute atomic E-state index is 0.808. The van der Waals surface area contributed by atoms with Crippen molar-refractivity contribution in [3.05, 3.63) is 35.0 Å². The number of anilines is 1. The zero-order valence-corrected chi connectivity index (χ0v) is 8.79. The van der Waals surface area contributed by atoms with E-state index in [0.717, 1.165) is 23.6 Å². The number of aryl methyl sites for hydroxylation is 2. The molecule has 15 heavy (non-hydrogen) atoms. The van der Waals surface area contributed by atoms with E-state index in [1.54, 1.807) is 0 Å². The van der Waals surface area contributed by atoms with Crippen molar-refractivity contribution in [2.75, 3.05) is 5.32 Å². The lowest BCUT2D eigenvalue weighted by atomic mass is 9.98. The van der Waals surface area contributed by atoms with Gasteiger partial charge in [-0.1, -0.05) is 17.3 Å². The number of benzene rings is 1. The van der Waals surface area contributed by atoms with E-state index >= 15 is 0 Å². The van der Waals surface area contributed by atoms with Crippen LogP contribution in [0.2, 0.25) is 0 Å². The molecular weight excluding hydrogens is 188 g/mol. The standard InChI is InChI=1S/C12H12N2O/c1-7-4-3-5-9-11(7)13-6-10-8(2)14-15-12(9)10/h3-5,13H,6H2,1-2H3. The molecule has 0 unspecified atom stereocenters. The summed E-state index contributed by atoms with van der Waals surface area (Å²) in [5, 5.41) is 7.43. The van der Waals surface area contributed by atoms with Crippen LogP contribution in [0.15, 0.2) is 22.7 Å². The van der Waals surface area contributed by atoms with Gasteiger partial charge in [-0.25, -0.2) is 0 Å². The van der Waals surface area contributed by atoms with E-state index in [9.17, 15) is 0 Å². The maximum Gasteiger partial charge on any atom is 0.174 e. The van der Waals surface area contributed by atoms with Gasteiger partial charge in [-0.2, -0.15) is 0 Å². The quantitative estimate of drug-likeness (QED) is 0.710. The molecule has 0 saturated carbocycles. The average molecular weight is 200 g/mol. The molecule has 1 aromatic carbocycles. The molecule has 0 spiro atoms. The largest absolute Gasteiger partial charge is 0.380 e. The van der Waals surface area contributed by atoms with Gasteiger partial charge in [0.1, 0.15) is 0 Å². The van der Waals surface area contributed by atoms with Crippen LogP contribution < -0.4 is 5.32 Å². The molecule has 0 amide bonds. The summed E-state index contributed by atoms with van der Waals surface area (Å²) >= 11 is 0. The topological polar surface area (TPSA) is 38.1 Å². The van der Waals surface area contributed by atoms with Crippen LogP contribution in [-0.2, 0) is 6.54 Å². The molecular formula is C12H12N2O. The van der Waals surface area contributed by atoms with Crippen LogP contribution in [0.3, 0.4) is 0 Å². The molecule has 3 heteroatoms. The number of aromatic nitrogens is 1. The fourth-order valence-electron chi connectivity index (χ4n) is 2.08. The van der Waals surface area contributed by atoms with Gasteiger partial charge in [-0.05, 0) is 25.5 Å². The molecule has 1 aromatic heterocycles. The van der Waals surface area contributed by atoms with Gasteiger partial charge < -0.3 is 9.84 Å². The summed E-state index contributed by atoms with van der Waals surface area (Å²) in [7, 11) is 0. The number of hydrogen-bond donors (Lipinski definition) is 1. The summed E-state index contributed by atoms with van der Waals surface area (Å²) < 4.78 is 5.38. The minimum atomic E-state index is 0.808. The first-order valence-electron chi connectivity index (χ1n) is 5.06. The molecule has 0 aliphatic carbocycles. The zero-order valence-electron chi connectivity index (χ0n) is 8.79. The maximum absolute atomic E-state index is 5.38. The normalized spacial score (nSPS) is 12.9. The van der Waals surface area contributed by atoms with Crippen molar-refractivity contribution in [1.82, 2.24) is 5.16 Å². The highest BCUT2D eigenvalue weighted by molar-refractivity contribution is 5.81. The summed E-state index contributed by atoms with van der Waals surface area (Å²) in [4.78, 5) is 0. The molecule has 3 rings (SSSR count). The first kappa shape index (κ1) is 8.53. The first-order valence-corrected chi connectivity index (χ1v) is 5.06. The predicted octanol–water partition coefficient (Wildman–Crippen LogP) is 2.88. The minimum Gasteiger partial charge on any atom is -0.380 e. The summed E-state index contributed by atoms with van der Waals surface area (Å²) in [6, 6.07) is 6.21. The van der Waals surface area contributed by atoms with Crippen LogP contribution in [0.25, 0.3) is 11.3 Å². The second-order valence-corrected chi connectivity index (χ2v) is 3.93. The van der Waals surface area contributed by atoms with Crippen LogP contribution in [-0.4, -0.2) is 5.16 Å². The van der Waals surface area contributed by atoms with Crippen molar-refractivity contribution in [2.45, 2.75) is 20.4 Å². The summed E-state index contributed by atoms with van der Waals surface area (Å²) in [6.45, 7) is 4.88. The number of fused-ring (bicyclic) bond motifs is 3. The Morgan fingerprint density at radius 1 is 1.33 bits per heavy atom. The SMILES string of the molecule is Cc1cccc2c1NCc1c(C)noc1-2. The lowest BCUT2D eigenvalue weighted by Gasteiger charge is -2.18. The van der Waals surface area contributed by atoms with E-state index in [0.29, 0.717) is 0 Å². The summed E-state index contributed by atoms with van der Waals surface area (Å²) in [6.07, 6.45) is 0. The molecule has 0 radical (unpaired) electrons. The van der Waals surface area contributed by atoms with Crippen LogP contribution in [0.4, 0.5) is 5.69 Å². The van der Waals surface area contributed by atoms with Gasteiger partial charge in [0.2, 0.25) is 0 Å². The Kier molecular flexibility index (Phi) is 1.63. The van der Waals surface area contributed by atoms with Crippen molar-refractivity contribution in [1.29, 1.82) is 0 Å². The molecule has 0 fully saturated rings. The fourth-order valence-corrected chi connectivity index (χ4v) is 2.08. The van der Waals surface area contributed by atoms with Crippen molar-refractivity contribution >= 4 is 5.69 Å². The summed E-state index contributed by atoms with van der Waals surface area (Å²) in [5.74, 6) is 0.921. The Labute approximate surface area is 88.1 Å². The van der Waals surface area contributed by atoms with Crippen molar-refractivity contribution in [2.24, 2.45) is 0 Å². The third-order valence-corrected chi connectivity index (χ3v) is 2.94. The van der Waals surface area contributed by atoms with E-state index in [4.69, 9.17) is 4.52 Å². The highest BCUT2D eigenvalue weighted by atomic mass is 16.5. The third-order valence-electron chi connectivity index (χ3n) is 2.94. The zero-order chi connectivity index (χ0) is 10.4. The number of hydrogen-bond acceptors (Lipinski definition) is 3. The maximum atomic E-state index is 5.38. The third kappa shape index (κ3) is 1.09. The number of rotatable bonds is 0. The lowest BCUT2D eigenvalue weighted by molar-refractivity contribution is 0.426. The Morgan fingerprint density at radius 3 is 3.07 bits per heavy atom. The Hall–Kier alpha value is -1.77. The molecule has 0 bridgehead atoms. The smallest absolute Gasteiger partial charge is 0.174 e. The Bertz CT molecular complexity index is 528. The Morgan fingerprint density at radius 2 is 2.20 bits per heavy atom. The van der Waals surface area contributed by atoms with E-state index < -0.39 is 0 Å². The lowest BCUT2D eigenvalue weighted by Crippen LogP contribution is -2.09. The van der Waals surface area contributed by atoms with Gasteiger partial charge in [-0.3, -0.25) is 0 Å². The van der Waals surface area contributed by atoms with Crippen molar-refractivity contribution < 1.29 is 4.52 Å². The summed E-state index contributed by atoms with van der Waals surface area (Å²) in [5.41, 5.74) is 5.68. The van der Waals surface area contributed by atoms with Crippen LogP contribution in [0.5, 0.6) is 0 Å². The van der Waals surface area contributed by atoms with Gasteiger partial charge in [0.15, 0.2) is 5.76 Å². The van der Waals surface area contributed by atoms with Gasteiger partial charge in [0.05, 0.1) is 5.69 Å². The average Bonchev–Trinajstić information content (AvgIpc) is 2.61. The number of nitrogens with zero attached hydrogens (tertiary/aromatic N) is 1. The molecule has 76 valence electrons. The molecule has 1 N–H and O–H groups in total. The molecule has 2 heterocycles. The van der Waals surface area contributed by atoms with E-state index in [1.807, 2.05) is 13.0 Å². The van der Waals surface area contributed by atoms with Crippen molar-refractivity contribution in [3.63, 3.8) is 0 Å². The highest BCUT2D eigenvalue weighted by Gasteiger charge is 2.22. The molecule has 2 aromatic rings. The van der Waals surface area contributed by atoms with Crippen LogP contribution in [0, 0.1) is 13.8 Å². The monoisotopic (exact) mass is 200 g/mol. The fraction of sp³-hybridized carbons (Fsp3) is 0.250. The van der Waals surface area contributed by atoms with Gasteiger partial charge >= 0.3 is 0 Å². The van der Waals surface area contributed by atoms with Crippen molar-refractivity contribution in [3.8, 4) is 11.3 Å². The highest BCUT2D eigenvalue weighted by Crippen LogP contribution is 2.38. The van der Waals surface area contributed by atoms with E-state index in [1.165, 1.54) is 16.8 Å². The molecule has 1 aliphatic rings. The molecule has 0 atom stereocenters. The van der Waals surface area contributed by atoms with Gasteiger partial charge in [-0.15, -0.1) is 0 Å². The predicted molar refractivity (Wildman–Crippen MR) is 58.7 cm³/mol. The second-order valence-electron chi connectivity index (χ2n) is 3.93. The van der Waals surface area contributed by atoms with E-state index in [2.05, 4.69) is 29.5 Å².